The summed E-state index contributed by atoms with van der Waals surface area (Å²) < 4.78 is 0. The summed E-state index contributed by atoms with van der Waals surface area (Å²) in [5.74, 6) is 0. The van der Waals surface area contributed by atoms with Crippen LogP contribution in [0.4, 0.5) is 5.69 Å². The summed E-state index contributed by atoms with van der Waals surface area (Å²) in [5, 5.41) is 0. The molecule has 1 aromatic carbocycles. The first-order valence-electron chi connectivity index (χ1n) is 4.52. The van der Waals surface area contributed by atoms with E-state index >= 15 is 0 Å². The third-order valence-corrected chi connectivity index (χ3v) is 1.51. The molecular weight excluding hydrogens is 160 g/mol. The summed E-state index contributed by atoms with van der Waals surface area (Å²) in [7, 11) is 1.74. The maximum atomic E-state index is 5.68. The zero-order valence-electron chi connectivity index (χ0n) is 8.83. The van der Waals surface area contributed by atoms with E-state index < -0.39 is 0 Å². The molecule has 0 atom stereocenters. The van der Waals surface area contributed by atoms with Crippen LogP contribution < -0.4 is 5.73 Å². The number of anilines is 1. The van der Waals surface area contributed by atoms with Crippen LogP contribution in [0.5, 0.6) is 0 Å². The molecule has 0 spiro atoms. The van der Waals surface area contributed by atoms with Crippen LogP contribution in [0.2, 0.25) is 0 Å². The summed E-state index contributed by atoms with van der Waals surface area (Å²) >= 11 is 0. The number of nitrogens with zero attached hydrogens (tertiary/aromatic N) is 1. The molecule has 0 fully saturated rings. The van der Waals surface area contributed by atoms with Crippen molar-refractivity contribution in [1.29, 1.82) is 0 Å². The zero-order valence-corrected chi connectivity index (χ0v) is 8.83. The molecule has 0 amide bonds. The molecule has 0 unspecified atom stereocenters. The first kappa shape index (κ1) is 11.7. The van der Waals surface area contributed by atoms with Crippen LogP contribution in [-0.2, 0) is 0 Å². The van der Waals surface area contributed by atoms with Crippen LogP contribution in [-0.4, -0.2) is 13.3 Å². The van der Waals surface area contributed by atoms with Gasteiger partial charge < -0.3 is 5.73 Å². The number of aliphatic imine (C=N–C) groups is 1. The summed E-state index contributed by atoms with van der Waals surface area (Å²) in [4.78, 5) is 3.90. The third-order valence-electron chi connectivity index (χ3n) is 1.51. The van der Waals surface area contributed by atoms with E-state index in [4.69, 9.17) is 5.73 Å². The molecule has 0 aliphatic rings. The van der Waals surface area contributed by atoms with Gasteiger partial charge in [-0.05, 0) is 19.1 Å². The number of hydrogen-bond donors (Lipinski definition) is 1. The molecule has 2 N–H and O–H groups in total. The predicted molar refractivity (Wildman–Crippen MR) is 60.5 cm³/mol. The van der Waals surface area contributed by atoms with Crippen molar-refractivity contribution in [1.82, 2.24) is 0 Å². The van der Waals surface area contributed by atoms with Crippen LogP contribution in [0.25, 0.3) is 0 Å². The molecule has 13 heavy (non-hydrogen) atoms. The van der Waals surface area contributed by atoms with E-state index in [2.05, 4.69) is 4.99 Å². The second-order valence-electron chi connectivity index (χ2n) is 2.52. The largest absolute Gasteiger partial charge is 0.398 e. The summed E-state index contributed by atoms with van der Waals surface area (Å²) in [6.07, 6.45) is 1.77. The van der Waals surface area contributed by atoms with Gasteiger partial charge in [0.15, 0.2) is 0 Å². The van der Waals surface area contributed by atoms with Gasteiger partial charge in [0.1, 0.15) is 0 Å². The molecule has 2 heteroatoms. The number of benzene rings is 1. The Morgan fingerprint density at radius 2 is 1.92 bits per heavy atom. The van der Waals surface area contributed by atoms with E-state index in [1.165, 1.54) is 5.56 Å². The second kappa shape index (κ2) is 6.23. The molecule has 72 valence electrons. The molecule has 1 aromatic rings. The van der Waals surface area contributed by atoms with Crippen molar-refractivity contribution in [2.45, 2.75) is 20.8 Å². The fourth-order valence-corrected chi connectivity index (χ4v) is 0.945. The Hall–Kier alpha value is -1.31. The number of nitrogens with two attached hydrogens (primary N) is 1. The zero-order chi connectivity index (χ0) is 10.3. The van der Waals surface area contributed by atoms with E-state index in [1.807, 2.05) is 39.0 Å². The number of rotatable bonds is 1. The van der Waals surface area contributed by atoms with Gasteiger partial charge >= 0.3 is 0 Å². The highest BCUT2D eigenvalue weighted by Gasteiger charge is 1.93. The lowest BCUT2D eigenvalue weighted by molar-refractivity contribution is 1.43. The van der Waals surface area contributed by atoms with Crippen molar-refractivity contribution < 1.29 is 0 Å². The van der Waals surface area contributed by atoms with E-state index in [9.17, 15) is 0 Å². The Kier molecular flexibility index (Phi) is 5.60. The Labute approximate surface area is 80.5 Å². The fourth-order valence-electron chi connectivity index (χ4n) is 0.945. The average Bonchev–Trinajstić information content (AvgIpc) is 2.15. The molecule has 0 saturated heterocycles. The number of aryl methyl sites for hydroxylation is 1. The maximum absolute atomic E-state index is 5.68. The van der Waals surface area contributed by atoms with Gasteiger partial charge in [-0.3, -0.25) is 4.99 Å². The minimum Gasteiger partial charge on any atom is -0.398 e. The smallest absolute Gasteiger partial charge is 0.0403 e. The Balaban J connectivity index is 0.000000671. The standard InChI is InChI=1S/C9H12N2.C2H6/c1-7-3-4-9(10)8(5-7)6-11-2;1-2/h3-6H,10H2,1-2H3;1-2H3. The lowest BCUT2D eigenvalue weighted by Crippen LogP contribution is -1.93. The Morgan fingerprint density at radius 1 is 1.31 bits per heavy atom. The molecule has 0 aromatic heterocycles. The number of hydrogen-bond acceptors (Lipinski definition) is 2. The maximum Gasteiger partial charge on any atom is 0.0403 e. The quantitative estimate of drug-likeness (QED) is 0.521. The van der Waals surface area contributed by atoms with Gasteiger partial charge in [-0.25, -0.2) is 0 Å². The molecular formula is C11H18N2. The van der Waals surface area contributed by atoms with Crippen molar-refractivity contribution in [2.24, 2.45) is 4.99 Å². The first-order valence-corrected chi connectivity index (χ1v) is 4.52. The van der Waals surface area contributed by atoms with Crippen molar-refractivity contribution >= 4 is 11.9 Å². The molecule has 0 saturated carbocycles. The van der Waals surface area contributed by atoms with Gasteiger partial charge in [0.2, 0.25) is 0 Å². The molecule has 2 nitrogen and oxygen atoms in total. The van der Waals surface area contributed by atoms with Crippen LogP contribution in [0.3, 0.4) is 0 Å². The van der Waals surface area contributed by atoms with Crippen LogP contribution in [0.15, 0.2) is 23.2 Å². The Bertz CT molecular complexity index is 277. The summed E-state index contributed by atoms with van der Waals surface area (Å²) in [6, 6.07) is 5.90. The van der Waals surface area contributed by atoms with Gasteiger partial charge in [-0.2, -0.15) is 0 Å². The van der Waals surface area contributed by atoms with Crippen molar-refractivity contribution in [2.75, 3.05) is 12.8 Å². The van der Waals surface area contributed by atoms with Gasteiger partial charge in [-0.15, -0.1) is 0 Å². The second-order valence-corrected chi connectivity index (χ2v) is 2.52. The molecule has 0 heterocycles. The topological polar surface area (TPSA) is 38.4 Å². The summed E-state index contributed by atoms with van der Waals surface area (Å²) in [5.41, 5.74) is 8.66. The molecule has 1 rings (SSSR count). The van der Waals surface area contributed by atoms with Crippen LogP contribution in [0, 0.1) is 6.92 Å². The molecule has 0 aliphatic carbocycles. The Morgan fingerprint density at radius 3 is 2.46 bits per heavy atom. The normalized spacial score (nSPS) is 9.54. The molecule has 0 radical (unpaired) electrons. The highest BCUT2D eigenvalue weighted by molar-refractivity contribution is 5.86. The van der Waals surface area contributed by atoms with Crippen LogP contribution in [0.1, 0.15) is 25.0 Å². The summed E-state index contributed by atoms with van der Waals surface area (Å²) in [6.45, 7) is 6.03. The highest BCUT2D eigenvalue weighted by Crippen LogP contribution is 2.10. The predicted octanol–water partition coefficient (Wildman–Crippen LogP) is 2.65. The van der Waals surface area contributed by atoms with Crippen molar-refractivity contribution in [3.8, 4) is 0 Å². The van der Waals surface area contributed by atoms with Gasteiger partial charge in [0, 0.05) is 24.5 Å². The van der Waals surface area contributed by atoms with E-state index in [1.54, 1.807) is 13.3 Å². The van der Waals surface area contributed by atoms with E-state index in [0.29, 0.717) is 0 Å². The van der Waals surface area contributed by atoms with Crippen molar-refractivity contribution in [3.05, 3.63) is 29.3 Å². The fraction of sp³-hybridized carbons (Fsp3) is 0.364. The van der Waals surface area contributed by atoms with Gasteiger partial charge in [-0.1, -0.05) is 25.5 Å². The lowest BCUT2D eigenvalue weighted by atomic mass is 10.1. The van der Waals surface area contributed by atoms with E-state index in [0.717, 1.165) is 11.3 Å². The lowest BCUT2D eigenvalue weighted by Gasteiger charge is -1.99. The molecule has 0 aliphatic heterocycles. The number of nitrogen functional groups attached to an aromatic ring is 1. The minimum atomic E-state index is 0.779. The monoisotopic (exact) mass is 178 g/mol. The first-order chi connectivity index (χ1) is 6.24. The minimum absolute atomic E-state index is 0.779. The van der Waals surface area contributed by atoms with Crippen molar-refractivity contribution in [3.63, 3.8) is 0 Å². The van der Waals surface area contributed by atoms with Gasteiger partial charge in [0.25, 0.3) is 0 Å². The average molecular weight is 178 g/mol. The molecule has 0 bridgehead atoms. The highest BCUT2D eigenvalue weighted by atomic mass is 14.6. The third kappa shape index (κ3) is 3.74. The van der Waals surface area contributed by atoms with Gasteiger partial charge in [0.05, 0.1) is 0 Å². The van der Waals surface area contributed by atoms with Crippen LogP contribution >= 0.6 is 0 Å². The van der Waals surface area contributed by atoms with E-state index in [-0.39, 0.29) is 0 Å². The SMILES string of the molecule is CC.CN=Cc1cc(C)ccc1N.